The molecule has 0 fully saturated rings. The normalized spacial score (nSPS) is 12.3. The first-order chi connectivity index (χ1) is 16.2. The number of rotatable bonds is 7. The second-order valence-corrected chi connectivity index (χ2v) is 8.06. The lowest BCUT2D eigenvalue weighted by Crippen LogP contribution is -2.27. The minimum absolute atomic E-state index is 0.0292. The van der Waals surface area contributed by atoms with Crippen LogP contribution in [-0.2, 0) is 0 Å². The predicted molar refractivity (Wildman–Crippen MR) is 131 cm³/mol. The molecule has 1 N–H and O–H groups in total. The van der Waals surface area contributed by atoms with Gasteiger partial charge in [-0.2, -0.15) is 0 Å². The van der Waals surface area contributed by atoms with E-state index in [2.05, 4.69) is 12.2 Å². The highest BCUT2D eigenvalue weighted by Crippen LogP contribution is 2.40. The molecule has 1 heterocycles. The summed E-state index contributed by atoms with van der Waals surface area (Å²) in [6, 6.07) is 26.0. The molecule has 0 atom stereocenters. The van der Waals surface area contributed by atoms with Crippen molar-refractivity contribution in [3.63, 3.8) is 0 Å². The van der Waals surface area contributed by atoms with Gasteiger partial charge in [-0.05, 0) is 61.0 Å². The number of hydrogen-bond acceptors (Lipinski definition) is 3. The maximum Gasteiger partial charge on any atom is 0.258 e. The van der Waals surface area contributed by atoms with Crippen LogP contribution in [0.25, 0.3) is 10.8 Å². The summed E-state index contributed by atoms with van der Waals surface area (Å²) in [6.07, 6.45) is 1.97. The Labute approximate surface area is 192 Å². The molecule has 0 aliphatic carbocycles. The van der Waals surface area contributed by atoms with Gasteiger partial charge in [0.05, 0.1) is 5.69 Å². The third kappa shape index (κ3) is 3.94. The topological polar surface area (TPSA) is 58.6 Å². The van der Waals surface area contributed by atoms with Crippen LogP contribution < -0.4 is 15.0 Å². The molecule has 0 spiro atoms. The van der Waals surface area contributed by atoms with Crippen LogP contribution in [0.4, 0.5) is 11.4 Å². The number of hydrogen-bond donors (Lipinski definition) is 1. The quantitative estimate of drug-likeness (QED) is 0.353. The van der Waals surface area contributed by atoms with Crippen molar-refractivity contribution >= 4 is 34.0 Å². The summed E-state index contributed by atoms with van der Waals surface area (Å²) in [5.41, 5.74) is 2.83. The zero-order chi connectivity index (χ0) is 22.8. The number of carbonyl (C=O) groups excluding carboxylic acids is 2. The Morgan fingerprint density at radius 3 is 2.39 bits per heavy atom. The van der Waals surface area contributed by atoms with Crippen molar-refractivity contribution < 1.29 is 14.3 Å². The van der Waals surface area contributed by atoms with E-state index in [0.29, 0.717) is 29.1 Å². The third-order valence-electron chi connectivity index (χ3n) is 5.86. The molecular weight excluding hydrogens is 412 g/mol. The highest BCUT2D eigenvalue weighted by atomic mass is 16.5. The molecule has 4 aromatic carbocycles. The number of nitrogens with one attached hydrogen (secondary N) is 1. The van der Waals surface area contributed by atoms with Gasteiger partial charge in [0.15, 0.2) is 0 Å². The summed E-state index contributed by atoms with van der Waals surface area (Å²) >= 11 is 0. The monoisotopic (exact) mass is 436 g/mol. The van der Waals surface area contributed by atoms with Gasteiger partial charge < -0.3 is 15.0 Å². The first-order valence-electron chi connectivity index (χ1n) is 11.2. The molecule has 0 saturated heterocycles. The molecule has 0 saturated carbocycles. The van der Waals surface area contributed by atoms with E-state index in [0.717, 1.165) is 35.1 Å². The molecule has 5 rings (SSSR count). The Morgan fingerprint density at radius 1 is 0.879 bits per heavy atom. The van der Waals surface area contributed by atoms with Crippen molar-refractivity contribution in [2.75, 3.05) is 16.8 Å². The SMILES string of the molecule is CCCCN1C(=O)c2cccc3c(NC(=O)c4ccc(Oc5ccccc5)cc4)ccc1c23. The van der Waals surface area contributed by atoms with E-state index in [9.17, 15) is 9.59 Å². The standard InChI is InChI=1S/C28H24N2O3/c1-2-3-18-30-25-17-16-24(22-10-7-11-23(26(22)25)28(30)32)29-27(31)19-12-14-21(15-13-19)33-20-8-5-4-6-9-20/h4-17H,2-3,18H2,1H3,(H,29,31). The molecule has 1 aliphatic heterocycles. The lowest BCUT2D eigenvalue weighted by Gasteiger charge is -2.17. The Balaban J connectivity index is 1.38. The number of nitrogens with zero attached hydrogens (tertiary/aromatic N) is 1. The van der Waals surface area contributed by atoms with Crippen molar-refractivity contribution in [1.82, 2.24) is 0 Å². The Kier molecular flexibility index (Phi) is 5.53. The maximum absolute atomic E-state index is 13.0. The lowest BCUT2D eigenvalue weighted by molar-refractivity contribution is 0.0991. The minimum Gasteiger partial charge on any atom is -0.457 e. The van der Waals surface area contributed by atoms with Gasteiger partial charge in [0, 0.05) is 34.1 Å². The highest BCUT2D eigenvalue weighted by molar-refractivity contribution is 6.27. The van der Waals surface area contributed by atoms with E-state index in [1.54, 1.807) is 24.3 Å². The first-order valence-corrected chi connectivity index (χ1v) is 11.2. The number of ether oxygens (including phenoxy) is 1. The van der Waals surface area contributed by atoms with E-state index in [-0.39, 0.29) is 11.8 Å². The van der Waals surface area contributed by atoms with Crippen molar-refractivity contribution in [3.05, 3.63) is 96.1 Å². The Bertz CT molecular complexity index is 1330. The second-order valence-electron chi connectivity index (χ2n) is 8.06. The maximum atomic E-state index is 13.0. The second kappa shape index (κ2) is 8.79. The number of anilines is 2. The smallest absolute Gasteiger partial charge is 0.258 e. The summed E-state index contributed by atoms with van der Waals surface area (Å²) in [5.74, 6) is 1.22. The first kappa shape index (κ1) is 20.8. The van der Waals surface area contributed by atoms with E-state index in [4.69, 9.17) is 4.74 Å². The van der Waals surface area contributed by atoms with E-state index in [1.165, 1.54) is 0 Å². The molecule has 0 unspecified atom stereocenters. The number of amides is 2. The fourth-order valence-corrected chi connectivity index (χ4v) is 4.19. The zero-order valence-electron chi connectivity index (χ0n) is 18.4. The minimum atomic E-state index is -0.214. The molecule has 4 aromatic rings. The summed E-state index contributed by atoms with van der Waals surface area (Å²) < 4.78 is 5.80. The van der Waals surface area contributed by atoms with Crippen LogP contribution in [-0.4, -0.2) is 18.4 Å². The van der Waals surface area contributed by atoms with E-state index >= 15 is 0 Å². The fraction of sp³-hybridized carbons (Fsp3) is 0.143. The summed E-state index contributed by atoms with van der Waals surface area (Å²) in [6.45, 7) is 2.81. The predicted octanol–water partition coefficient (Wildman–Crippen LogP) is 6.64. The zero-order valence-corrected chi connectivity index (χ0v) is 18.4. The van der Waals surface area contributed by atoms with Gasteiger partial charge in [-0.25, -0.2) is 0 Å². The summed E-state index contributed by atoms with van der Waals surface area (Å²) in [4.78, 5) is 27.7. The fourth-order valence-electron chi connectivity index (χ4n) is 4.19. The van der Waals surface area contributed by atoms with E-state index in [1.807, 2.05) is 65.6 Å². The van der Waals surface area contributed by atoms with Crippen molar-refractivity contribution in [1.29, 1.82) is 0 Å². The number of para-hydroxylation sites is 1. The van der Waals surface area contributed by atoms with Crippen LogP contribution in [0.2, 0.25) is 0 Å². The molecule has 33 heavy (non-hydrogen) atoms. The van der Waals surface area contributed by atoms with Gasteiger partial charge in [0.2, 0.25) is 0 Å². The van der Waals surface area contributed by atoms with Crippen LogP contribution >= 0.6 is 0 Å². The molecular formula is C28H24N2O3. The van der Waals surface area contributed by atoms with Gasteiger partial charge in [-0.3, -0.25) is 9.59 Å². The van der Waals surface area contributed by atoms with Crippen LogP contribution in [0, 0.1) is 0 Å². The van der Waals surface area contributed by atoms with Crippen molar-refractivity contribution in [2.45, 2.75) is 19.8 Å². The van der Waals surface area contributed by atoms with Gasteiger partial charge >= 0.3 is 0 Å². The molecule has 0 bridgehead atoms. The molecule has 2 amide bonds. The summed E-state index contributed by atoms with van der Waals surface area (Å²) in [7, 11) is 0. The van der Waals surface area contributed by atoms with Crippen molar-refractivity contribution in [3.8, 4) is 11.5 Å². The highest BCUT2D eigenvalue weighted by Gasteiger charge is 2.30. The molecule has 1 aliphatic rings. The van der Waals surface area contributed by atoms with Crippen LogP contribution in [0.15, 0.2) is 84.9 Å². The number of carbonyl (C=O) groups is 2. The molecule has 0 aromatic heterocycles. The van der Waals surface area contributed by atoms with Crippen LogP contribution in [0.5, 0.6) is 11.5 Å². The van der Waals surface area contributed by atoms with E-state index < -0.39 is 0 Å². The Hall–Kier alpha value is -4.12. The third-order valence-corrected chi connectivity index (χ3v) is 5.86. The van der Waals surface area contributed by atoms with Gasteiger partial charge in [0.25, 0.3) is 11.8 Å². The molecule has 0 radical (unpaired) electrons. The van der Waals surface area contributed by atoms with Crippen LogP contribution in [0.1, 0.15) is 40.5 Å². The average molecular weight is 437 g/mol. The van der Waals surface area contributed by atoms with Crippen LogP contribution in [0.3, 0.4) is 0 Å². The number of unbranched alkanes of at least 4 members (excludes halogenated alkanes) is 1. The average Bonchev–Trinajstić information content (AvgIpc) is 3.12. The molecule has 164 valence electrons. The van der Waals surface area contributed by atoms with Gasteiger partial charge in [-0.15, -0.1) is 0 Å². The largest absolute Gasteiger partial charge is 0.457 e. The molecule has 5 nitrogen and oxygen atoms in total. The number of benzene rings is 4. The lowest BCUT2D eigenvalue weighted by atomic mass is 10.0. The van der Waals surface area contributed by atoms with Gasteiger partial charge in [0.1, 0.15) is 11.5 Å². The van der Waals surface area contributed by atoms with Gasteiger partial charge in [-0.1, -0.05) is 43.7 Å². The molecule has 5 heteroatoms. The Morgan fingerprint density at radius 2 is 1.64 bits per heavy atom. The summed E-state index contributed by atoms with van der Waals surface area (Å²) in [5, 5.41) is 4.79. The van der Waals surface area contributed by atoms with Crippen molar-refractivity contribution in [2.24, 2.45) is 0 Å².